The van der Waals surface area contributed by atoms with Crippen LogP contribution in [-0.4, -0.2) is 20.7 Å². The van der Waals surface area contributed by atoms with Gasteiger partial charge in [0.1, 0.15) is 5.75 Å². The third kappa shape index (κ3) is 3.24. The van der Waals surface area contributed by atoms with Crippen LogP contribution in [-0.2, 0) is 13.6 Å². The molecule has 2 amide bonds. The monoisotopic (exact) mass is 246 g/mol. The molecule has 0 fully saturated rings. The average Bonchev–Trinajstić information content (AvgIpc) is 2.72. The van der Waals surface area contributed by atoms with Crippen molar-refractivity contribution in [1.29, 1.82) is 0 Å². The molecule has 0 spiro atoms. The first kappa shape index (κ1) is 12.0. The van der Waals surface area contributed by atoms with Crippen molar-refractivity contribution >= 4 is 11.8 Å². The van der Waals surface area contributed by atoms with Gasteiger partial charge in [0.15, 0.2) is 5.82 Å². The molecule has 0 unspecified atom stereocenters. The summed E-state index contributed by atoms with van der Waals surface area (Å²) < 4.78 is 1.74. The van der Waals surface area contributed by atoms with E-state index < -0.39 is 0 Å². The third-order valence-electron chi connectivity index (χ3n) is 2.31. The minimum atomic E-state index is -0.336. The number of rotatable bonds is 3. The van der Waals surface area contributed by atoms with Crippen LogP contribution in [0.5, 0.6) is 5.75 Å². The SMILES string of the molecule is Cn1cnc(NC(=O)NCc2cccc(O)c2)c1. The number of aromatic nitrogens is 2. The number of phenols is 1. The van der Waals surface area contributed by atoms with E-state index in [0.29, 0.717) is 12.4 Å². The van der Waals surface area contributed by atoms with Crippen LogP contribution in [0.2, 0.25) is 0 Å². The Kier molecular flexibility index (Phi) is 3.47. The second kappa shape index (κ2) is 5.22. The summed E-state index contributed by atoms with van der Waals surface area (Å²) in [5.41, 5.74) is 0.825. The molecular formula is C12H14N4O2. The summed E-state index contributed by atoms with van der Waals surface area (Å²) in [7, 11) is 1.82. The molecule has 94 valence electrons. The molecule has 2 rings (SSSR count). The fourth-order valence-electron chi connectivity index (χ4n) is 1.49. The van der Waals surface area contributed by atoms with Crippen molar-refractivity contribution in [1.82, 2.24) is 14.9 Å². The molecule has 0 aliphatic rings. The average molecular weight is 246 g/mol. The van der Waals surface area contributed by atoms with Gasteiger partial charge >= 0.3 is 6.03 Å². The predicted octanol–water partition coefficient (Wildman–Crippen LogP) is 1.45. The van der Waals surface area contributed by atoms with Gasteiger partial charge in [-0.05, 0) is 17.7 Å². The summed E-state index contributed by atoms with van der Waals surface area (Å²) >= 11 is 0. The third-order valence-corrected chi connectivity index (χ3v) is 2.31. The van der Waals surface area contributed by atoms with E-state index in [4.69, 9.17) is 0 Å². The summed E-state index contributed by atoms with van der Waals surface area (Å²) in [5, 5.41) is 14.6. The predicted molar refractivity (Wildman–Crippen MR) is 67.2 cm³/mol. The zero-order valence-corrected chi connectivity index (χ0v) is 9.92. The number of nitrogens with one attached hydrogen (secondary N) is 2. The van der Waals surface area contributed by atoms with E-state index in [1.165, 1.54) is 0 Å². The number of anilines is 1. The number of imidazole rings is 1. The molecule has 0 atom stereocenters. The highest BCUT2D eigenvalue weighted by Gasteiger charge is 2.03. The van der Waals surface area contributed by atoms with Crippen LogP contribution in [0.4, 0.5) is 10.6 Å². The number of phenolic OH excluding ortho intramolecular Hbond substituents is 1. The van der Waals surface area contributed by atoms with Gasteiger partial charge in [-0.15, -0.1) is 0 Å². The molecule has 0 bridgehead atoms. The Labute approximate surface area is 104 Å². The van der Waals surface area contributed by atoms with Crippen LogP contribution in [0.25, 0.3) is 0 Å². The summed E-state index contributed by atoms with van der Waals surface area (Å²) in [5.74, 6) is 0.672. The van der Waals surface area contributed by atoms with Gasteiger partial charge < -0.3 is 15.0 Å². The van der Waals surface area contributed by atoms with Gasteiger partial charge in [-0.2, -0.15) is 0 Å². The van der Waals surface area contributed by atoms with E-state index in [1.807, 2.05) is 13.1 Å². The smallest absolute Gasteiger partial charge is 0.320 e. The highest BCUT2D eigenvalue weighted by Crippen LogP contribution is 2.10. The maximum Gasteiger partial charge on any atom is 0.320 e. The molecule has 0 saturated heterocycles. The van der Waals surface area contributed by atoms with Crippen molar-refractivity contribution in [2.24, 2.45) is 7.05 Å². The summed E-state index contributed by atoms with van der Waals surface area (Å²) in [4.78, 5) is 15.5. The van der Waals surface area contributed by atoms with Crippen LogP contribution >= 0.6 is 0 Å². The molecule has 1 aromatic carbocycles. The van der Waals surface area contributed by atoms with E-state index >= 15 is 0 Å². The van der Waals surface area contributed by atoms with Gasteiger partial charge in [0.25, 0.3) is 0 Å². The Morgan fingerprint density at radius 2 is 2.33 bits per heavy atom. The number of hydrogen-bond donors (Lipinski definition) is 3. The lowest BCUT2D eigenvalue weighted by Gasteiger charge is -2.05. The fraction of sp³-hybridized carbons (Fsp3) is 0.167. The van der Waals surface area contributed by atoms with Gasteiger partial charge in [-0.3, -0.25) is 5.32 Å². The number of carbonyl (C=O) groups is 1. The molecule has 6 nitrogen and oxygen atoms in total. The van der Waals surface area contributed by atoms with Gasteiger partial charge in [-0.1, -0.05) is 12.1 Å². The van der Waals surface area contributed by atoms with Crippen molar-refractivity contribution in [2.75, 3.05) is 5.32 Å². The normalized spacial score (nSPS) is 10.1. The van der Waals surface area contributed by atoms with Crippen LogP contribution in [0.1, 0.15) is 5.56 Å². The number of aryl methyl sites for hydroxylation is 1. The molecule has 0 radical (unpaired) electrons. The fourth-order valence-corrected chi connectivity index (χ4v) is 1.49. The van der Waals surface area contributed by atoms with E-state index in [-0.39, 0.29) is 11.8 Å². The molecular weight excluding hydrogens is 232 g/mol. The van der Waals surface area contributed by atoms with E-state index in [9.17, 15) is 9.90 Å². The highest BCUT2D eigenvalue weighted by molar-refractivity contribution is 5.87. The molecule has 0 aliphatic carbocycles. The lowest BCUT2D eigenvalue weighted by atomic mass is 10.2. The quantitative estimate of drug-likeness (QED) is 0.766. The number of carbonyl (C=O) groups excluding carboxylic acids is 1. The lowest BCUT2D eigenvalue weighted by Crippen LogP contribution is -2.28. The standard InChI is InChI=1S/C12H14N4O2/c1-16-7-11(14-8-16)15-12(18)13-6-9-3-2-4-10(17)5-9/h2-5,7-8,17H,6H2,1H3,(H2,13,15,18). The molecule has 6 heteroatoms. The van der Waals surface area contributed by atoms with Gasteiger partial charge in [-0.25, -0.2) is 9.78 Å². The zero-order valence-electron chi connectivity index (χ0n) is 9.92. The Morgan fingerprint density at radius 1 is 1.50 bits per heavy atom. The second-order valence-corrected chi connectivity index (χ2v) is 3.90. The van der Waals surface area contributed by atoms with Crippen molar-refractivity contribution in [3.05, 3.63) is 42.4 Å². The maximum absolute atomic E-state index is 11.5. The number of amides is 2. The molecule has 3 N–H and O–H groups in total. The first-order chi connectivity index (χ1) is 8.63. The zero-order chi connectivity index (χ0) is 13.0. The summed E-state index contributed by atoms with van der Waals surface area (Å²) in [6.45, 7) is 0.340. The topological polar surface area (TPSA) is 79.2 Å². The Balaban J connectivity index is 1.85. The van der Waals surface area contributed by atoms with Gasteiger partial charge in [0.2, 0.25) is 0 Å². The van der Waals surface area contributed by atoms with Crippen LogP contribution < -0.4 is 10.6 Å². The first-order valence-corrected chi connectivity index (χ1v) is 5.44. The molecule has 1 aromatic heterocycles. The molecule has 18 heavy (non-hydrogen) atoms. The van der Waals surface area contributed by atoms with Crippen molar-refractivity contribution in [3.8, 4) is 5.75 Å². The maximum atomic E-state index is 11.5. The summed E-state index contributed by atoms with van der Waals surface area (Å²) in [6.07, 6.45) is 3.30. The molecule has 0 aliphatic heterocycles. The Bertz CT molecular complexity index is 551. The highest BCUT2D eigenvalue weighted by atomic mass is 16.3. The lowest BCUT2D eigenvalue weighted by molar-refractivity contribution is 0.251. The number of aromatic hydroxyl groups is 1. The van der Waals surface area contributed by atoms with E-state index in [0.717, 1.165) is 5.56 Å². The minimum absolute atomic E-state index is 0.180. The van der Waals surface area contributed by atoms with Crippen molar-refractivity contribution in [2.45, 2.75) is 6.54 Å². The molecule has 0 saturated carbocycles. The van der Waals surface area contributed by atoms with Gasteiger partial charge in [0, 0.05) is 19.8 Å². The number of nitrogens with zero attached hydrogens (tertiary/aromatic N) is 2. The number of hydrogen-bond acceptors (Lipinski definition) is 3. The first-order valence-electron chi connectivity index (χ1n) is 5.44. The van der Waals surface area contributed by atoms with E-state index in [2.05, 4.69) is 15.6 Å². The second-order valence-electron chi connectivity index (χ2n) is 3.90. The van der Waals surface area contributed by atoms with Crippen molar-refractivity contribution < 1.29 is 9.90 Å². The summed E-state index contributed by atoms with van der Waals surface area (Å²) in [6, 6.07) is 6.39. The van der Waals surface area contributed by atoms with E-state index in [1.54, 1.807) is 35.3 Å². The molecule has 1 heterocycles. The minimum Gasteiger partial charge on any atom is -0.508 e. The Hall–Kier alpha value is -2.50. The van der Waals surface area contributed by atoms with Crippen LogP contribution in [0, 0.1) is 0 Å². The number of urea groups is 1. The van der Waals surface area contributed by atoms with Gasteiger partial charge in [0.05, 0.1) is 6.33 Å². The van der Waals surface area contributed by atoms with Crippen LogP contribution in [0.15, 0.2) is 36.8 Å². The van der Waals surface area contributed by atoms with Crippen LogP contribution in [0.3, 0.4) is 0 Å². The number of benzene rings is 1. The molecule has 2 aromatic rings. The largest absolute Gasteiger partial charge is 0.508 e. The Morgan fingerprint density at radius 3 is 3.00 bits per heavy atom. The van der Waals surface area contributed by atoms with Crippen molar-refractivity contribution in [3.63, 3.8) is 0 Å².